The molecule has 1 aromatic rings. The maximum absolute atomic E-state index is 12.5. The summed E-state index contributed by atoms with van der Waals surface area (Å²) < 4.78 is 23.8. The van der Waals surface area contributed by atoms with Crippen LogP contribution in [0.15, 0.2) is 24.3 Å². The minimum Gasteiger partial charge on any atom is -1.00 e. The summed E-state index contributed by atoms with van der Waals surface area (Å²) in [4.78, 5) is 0. The molecular weight excluding hydrogens is 364 g/mol. The zero-order valence-corrected chi connectivity index (χ0v) is 14.0. The maximum atomic E-state index is 12.5. The minimum atomic E-state index is -3.07. The molecule has 0 saturated carbocycles. The van der Waals surface area contributed by atoms with E-state index in [0.717, 1.165) is 12.1 Å². The third kappa shape index (κ3) is 3.54. The first kappa shape index (κ1) is 16.1. The normalized spacial score (nSPS) is 19.1. The van der Waals surface area contributed by atoms with Gasteiger partial charge in [0.1, 0.15) is 5.69 Å². The van der Waals surface area contributed by atoms with Gasteiger partial charge in [-0.05, 0) is 18.6 Å². The first-order valence-electron chi connectivity index (χ1n) is 5.74. The highest BCUT2D eigenvalue weighted by molar-refractivity contribution is 7.62. The third-order valence-electron chi connectivity index (χ3n) is 2.73. The summed E-state index contributed by atoms with van der Waals surface area (Å²) >= 11 is 0. The van der Waals surface area contributed by atoms with Gasteiger partial charge in [0.15, 0.2) is 0 Å². The van der Waals surface area contributed by atoms with Crippen molar-refractivity contribution in [2.45, 2.75) is 6.42 Å². The lowest BCUT2D eigenvalue weighted by Crippen LogP contribution is -3.00. The van der Waals surface area contributed by atoms with Gasteiger partial charge in [0, 0.05) is 6.07 Å². The first-order chi connectivity index (χ1) is 7.92. The Hall–Kier alpha value is 0.0600. The maximum Gasteiger partial charge on any atom is 0.361 e. The Labute approximate surface area is 125 Å². The van der Waals surface area contributed by atoms with Crippen molar-refractivity contribution in [1.82, 2.24) is 4.48 Å². The van der Waals surface area contributed by atoms with E-state index in [1.165, 1.54) is 0 Å². The third-order valence-corrected chi connectivity index (χ3v) is 4.69. The van der Waals surface area contributed by atoms with Crippen molar-refractivity contribution in [3.63, 3.8) is 0 Å². The van der Waals surface area contributed by atoms with Gasteiger partial charge in [-0.3, -0.25) is 9.05 Å². The molecule has 1 fully saturated rings. The molecular formula is C12H19INO3P. The van der Waals surface area contributed by atoms with Crippen molar-refractivity contribution >= 4 is 18.6 Å². The number of quaternary nitrogens is 1. The molecule has 102 valence electrons. The molecule has 0 amide bonds. The van der Waals surface area contributed by atoms with Crippen molar-refractivity contribution < 1.29 is 37.6 Å². The standard InChI is InChI=1S/C12H19NO3P.HI/c1-13(2,3)11-6-4-7-12(10-11)17(14)15-8-5-9-16-17;/h4,6-7,10H,5,8-9H2,1-3H3;1H/q+1;/p-1. The highest BCUT2D eigenvalue weighted by Crippen LogP contribution is 2.49. The van der Waals surface area contributed by atoms with Gasteiger partial charge in [0.25, 0.3) is 0 Å². The molecule has 6 heteroatoms. The van der Waals surface area contributed by atoms with E-state index in [1.54, 1.807) is 0 Å². The summed E-state index contributed by atoms with van der Waals surface area (Å²) in [5, 5.41) is 0.655. The van der Waals surface area contributed by atoms with Crippen LogP contribution in [0.5, 0.6) is 0 Å². The van der Waals surface area contributed by atoms with Gasteiger partial charge in [-0.15, -0.1) is 0 Å². The fourth-order valence-electron chi connectivity index (χ4n) is 1.70. The molecule has 0 N–H and O–H groups in total. The molecule has 1 aliphatic heterocycles. The van der Waals surface area contributed by atoms with Gasteiger partial charge >= 0.3 is 7.60 Å². The van der Waals surface area contributed by atoms with Crippen LogP contribution in [0, 0.1) is 0 Å². The molecule has 0 bridgehead atoms. The van der Waals surface area contributed by atoms with Gasteiger partial charge in [-0.2, -0.15) is 0 Å². The summed E-state index contributed by atoms with van der Waals surface area (Å²) in [5.41, 5.74) is 1.08. The number of nitrogens with zero attached hydrogens (tertiary/aromatic N) is 1. The van der Waals surface area contributed by atoms with Gasteiger partial charge in [-0.25, -0.2) is 0 Å². The molecule has 1 aliphatic rings. The van der Waals surface area contributed by atoms with E-state index in [1.807, 2.05) is 24.3 Å². The van der Waals surface area contributed by atoms with Crippen LogP contribution in [-0.4, -0.2) is 34.4 Å². The van der Waals surface area contributed by atoms with Crippen LogP contribution >= 0.6 is 7.60 Å². The van der Waals surface area contributed by atoms with Gasteiger partial charge in [0.05, 0.1) is 39.7 Å². The number of benzene rings is 1. The molecule has 18 heavy (non-hydrogen) atoms. The average Bonchev–Trinajstić information content (AvgIpc) is 2.29. The van der Waals surface area contributed by atoms with E-state index >= 15 is 0 Å². The average molecular weight is 383 g/mol. The molecule has 0 aromatic heterocycles. The SMILES string of the molecule is C[N+](C)(C)c1cccc(P2(=O)OCCCO2)c1.[I-]. The van der Waals surface area contributed by atoms with Gasteiger partial charge in [0.2, 0.25) is 0 Å². The van der Waals surface area contributed by atoms with Crippen LogP contribution in [0.1, 0.15) is 6.42 Å². The summed E-state index contributed by atoms with van der Waals surface area (Å²) in [6.45, 7) is 1.01. The molecule has 0 radical (unpaired) electrons. The predicted octanol–water partition coefficient (Wildman–Crippen LogP) is -0.857. The molecule has 0 unspecified atom stereocenters. The highest BCUT2D eigenvalue weighted by Gasteiger charge is 2.31. The van der Waals surface area contributed by atoms with E-state index in [4.69, 9.17) is 9.05 Å². The second-order valence-electron chi connectivity index (χ2n) is 5.05. The quantitative estimate of drug-likeness (QED) is 0.379. The Kier molecular flexibility index (Phi) is 5.38. The Balaban J connectivity index is 0.00000162. The van der Waals surface area contributed by atoms with E-state index < -0.39 is 7.60 Å². The smallest absolute Gasteiger partial charge is 0.361 e. The molecule has 0 aliphatic carbocycles. The lowest BCUT2D eigenvalue weighted by Gasteiger charge is -2.26. The van der Waals surface area contributed by atoms with Crippen molar-refractivity contribution in [3.05, 3.63) is 24.3 Å². The summed E-state index contributed by atoms with van der Waals surface area (Å²) in [6.07, 6.45) is 0.805. The molecule has 0 atom stereocenters. The van der Waals surface area contributed by atoms with E-state index in [0.29, 0.717) is 23.0 Å². The topological polar surface area (TPSA) is 35.5 Å². The second kappa shape index (κ2) is 6.01. The summed E-state index contributed by atoms with van der Waals surface area (Å²) in [6, 6.07) is 7.63. The fourth-order valence-corrected chi connectivity index (χ4v) is 3.37. The Morgan fingerprint density at radius 3 is 2.33 bits per heavy atom. The van der Waals surface area contributed by atoms with Crippen LogP contribution in [-0.2, 0) is 13.6 Å². The van der Waals surface area contributed by atoms with Crippen molar-refractivity contribution in [2.24, 2.45) is 0 Å². The van der Waals surface area contributed by atoms with Crippen LogP contribution in [0.25, 0.3) is 0 Å². The van der Waals surface area contributed by atoms with Crippen molar-refractivity contribution in [3.8, 4) is 0 Å². The van der Waals surface area contributed by atoms with Crippen molar-refractivity contribution in [2.75, 3.05) is 34.4 Å². The van der Waals surface area contributed by atoms with Gasteiger partial charge < -0.3 is 33.0 Å². The van der Waals surface area contributed by atoms with Crippen LogP contribution in [0.3, 0.4) is 0 Å². The Morgan fingerprint density at radius 2 is 1.78 bits per heavy atom. The van der Waals surface area contributed by atoms with Crippen LogP contribution in [0.4, 0.5) is 5.69 Å². The zero-order chi connectivity index (χ0) is 12.5. The lowest BCUT2D eigenvalue weighted by molar-refractivity contribution is -0.00000895. The number of hydrogen-bond acceptors (Lipinski definition) is 3. The molecule has 1 aromatic carbocycles. The minimum absolute atomic E-state index is 0. The summed E-state index contributed by atoms with van der Waals surface area (Å²) in [7, 11) is 3.13. The first-order valence-corrected chi connectivity index (χ1v) is 7.28. The Morgan fingerprint density at radius 1 is 1.17 bits per heavy atom. The summed E-state index contributed by atoms with van der Waals surface area (Å²) in [5.74, 6) is 0. The number of hydrogen-bond donors (Lipinski definition) is 0. The molecule has 1 heterocycles. The molecule has 2 rings (SSSR count). The van der Waals surface area contributed by atoms with E-state index in [2.05, 4.69) is 21.1 Å². The molecule has 0 spiro atoms. The Bertz CT molecular complexity index is 449. The van der Waals surface area contributed by atoms with Crippen LogP contribution < -0.4 is 33.8 Å². The predicted molar refractivity (Wildman–Crippen MR) is 69.8 cm³/mol. The molecule has 4 nitrogen and oxygen atoms in total. The van der Waals surface area contributed by atoms with E-state index in [-0.39, 0.29) is 24.0 Å². The van der Waals surface area contributed by atoms with Gasteiger partial charge in [-0.1, -0.05) is 6.07 Å². The number of rotatable bonds is 2. The molecule has 1 saturated heterocycles. The largest absolute Gasteiger partial charge is 1.00 e. The monoisotopic (exact) mass is 383 g/mol. The van der Waals surface area contributed by atoms with Crippen LogP contribution in [0.2, 0.25) is 0 Å². The highest BCUT2D eigenvalue weighted by atomic mass is 127. The number of halogens is 1. The van der Waals surface area contributed by atoms with E-state index in [9.17, 15) is 4.57 Å². The zero-order valence-electron chi connectivity index (χ0n) is 10.9. The fraction of sp³-hybridized carbons (Fsp3) is 0.500. The van der Waals surface area contributed by atoms with Crippen molar-refractivity contribution in [1.29, 1.82) is 0 Å². The lowest BCUT2D eigenvalue weighted by atomic mass is 10.3. The second-order valence-corrected chi connectivity index (χ2v) is 7.08.